The van der Waals surface area contributed by atoms with E-state index in [4.69, 9.17) is 0 Å². The van der Waals surface area contributed by atoms with E-state index in [1.165, 1.54) is 57.4 Å². The molecule has 36 heavy (non-hydrogen) atoms. The number of hydrogen-bond donors (Lipinski definition) is 0. The molecule has 190 valence electrons. The Hall–Kier alpha value is -0.993. The van der Waals surface area contributed by atoms with E-state index < -0.39 is 17.1 Å². The van der Waals surface area contributed by atoms with Crippen LogP contribution in [0.2, 0.25) is 15.4 Å². The first kappa shape index (κ1) is 25.3. The van der Waals surface area contributed by atoms with Crippen LogP contribution < -0.4 is 0 Å². The van der Waals surface area contributed by atoms with E-state index in [2.05, 4.69) is 68.3 Å². The maximum atomic E-state index is 2.93. The Morgan fingerprint density at radius 2 is 1.11 bits per heavy atom. The Balaban J connectivity index is 1.60. The van der Waals surface area contributed by atoms with E-state index in [0.717, 1.165) is 0 Å². The number of allylic oxidation sites excluding steroid dienone is 2. The van der Waals surface area contributed by atoms with Gasteiger partial charge in [0.15, 0.2) is 0 Å². The fourth-order valence-corrected chi connectivity index (χ4v) is 48.9. The summed E-state index contributed by atoms with van der Waals surface area (Å²) >= 11 is -3.55. The molecular weight excluding hydrogens is 615 g/mol. The summed E-state index contributed by atoms with van der Waals surface area (Å²) < 4.78 is 7.28. The van der Waals surface area contributed by atoms with Gasteiger partial charge in [-0.3, -0.25) is 0 Å². The molecule has 0 saturated carbocycles. The molecule has 0 aromatic heterocycles. The van der Waals surface area contributed by atoms with E-state index in [0.29, 0.717) is 13.6 Å². The molecule has 0 spiro atoms. The molecule has 0 saturated heterocycles. The van der Waals surface area contributed by atoms with Crippen LogP contribution in [0.3, 0.4) is 0 Å². The fraction of sp³-hybridized carbons (Fsp3) is 0.529. The van der Waals surface area contributed by atoms with E-state index in [9.17, 15) is 0 Å². The van der Waals surface area contributed by atoms with E-state index in [1.807, 2.05) is 0 Å². The summed E-state index contributed by atoms with van der Waals surface area (Å²) in [5, 5.41) is 0. The van der Waals surface area contributed by atoms with Crippen LogP contribution in [0, 0.1) is 27.7 Å². The van der Waals surface area contributed by atoms with Gasteiger partial charge >= 0.3 is 223 Å². The molecule has 0 radical (unpaired) electrons. The van der Waals surface area contributed by atoms with Gasteiger partial charge in [-0.05, 0) is 0 Å². The predicted molar refractivity (Wildman–Crippen MR) is 158 cm³/mol. The Morgan fingerprint density at radius 3 is 1.53 bits per heavy atom. The summed E-state index contributed by atoms with van der Waals surface area (Å²) in [4.78, 5) is 0. The Labute approximate surface area is 221 Å². The molecule has 0 bridgehead atoms. The molecule has 2 aromatic carbocycles. The van der Waals surface area contributed by atoms with Crippen molar-refractivity contribution in [3.8, 4) is 0 Å². The van der Waals surface area contributed by atoms with E-state index in [-0.39, 0.29) is 0 Å². The standard InChI is InChI=1S/2C14H15.C4H10Si.2CH3.Hf/c2*1-9-11-5-3-7-13(11)10(2)14-8-4-6-12(9)14;1-2-3-4-5;;;/h2*3,5,7H,4,6,8H2,1-2H3;5H,2-4H2,1H3;2*1H3;. The third-order valence-corrected chi connectivity index (χ3v) is 53.7. The first-order valence-corrected chi connectivity index (χ1v) is 33.8. The van der Waals surface area contributed by atoms with Crippen molar-refractivity contribution in [1.82, 2.24) is 0 Å². The van der Waals surface area contributed by atoms with Crippen molar-refractivity contribution in [2.75, 3.05) is 0 Å². The SMILES string of the molecule is CCCC[SiH]=[Hf]([CH3])([CH3])([CH]1C=Cc2c(C)c3c(c(C)c21)CCC3)[CH]1C=Cc2c(C)c3c(c(C)c21)CCC3. The molecule has 2 atom stereocenters. The second-order valence-corrected chi connectivity index (χ2v) is 57.9. The molecule has 6 rings (SSSR count). The van der Waals surface area contributed by atoms with Gasteiger partial charge in [-0.25, -0.2) is 0 Å². The molecule has 0 heterocycles. The minimum absolute atomic E-state index is 0.485. The number of fused-ring (bicyclic) bond motifs is 4. The van der Waals surface area contributed by atoms with Crippen molar-refractivity contribution in [3.63, 3.8) is 0 Å². The summed E-state index contributed by atoms with van der Waals surface area (Å²) in [5.41, 5.74) is 20.3. The van der Waals surface area contributed by atoms with Crippen LogP contribution in [-0.2, 0) is 42.8 Å². The van der Waals surface area contributed by atoms with Crippen LogP contribution in [0.4, 0.5) is 0 Å². The summed E-state index contributed by atoms with van der Waals surface area (Å²) in [5.74, 6) is 0. The van der Waals surface area contributed by atoms with Crippen molar-refractivity contribution in [3.05, 3.63) is 78.9 Å². The summed E-state index contributed by atoms with van der Waals surface area (Å²) in [6.45, 7) is 12.3. The molecule has 4 aliphatic rings. The molecule has 0 aliphatic heterocycles. The molecule has 0 N–H and O–H groups in total. The normalized spacial score (nSPS) is 21.7. The van der Waals surface area contributed by atoms with Gasteiger partial charge in [0, 0.05) is 0 Å². The van der Waals surface area contributed by atoms with Crippen molar-refractivity contribution in [2.45, 2.75) is 109 Å². The summed E-state index contributed by atoms with van der Waals surface area (Å²) in [7, 11) is 0. The minimum atomic E-state index is -3.55. The molecule has 2 unspecified atom stereocenters. The van der Waals surface area contributed by atoms with Crippen LogP contribution >= 0.6 is 0 Å². The van der Waals surface area contributed by atoms with Gasteiger partial charge in [-0.1, -0.05) is 0 Å². The molecule has 0 nitrogen and oxygen atoms in total. The van der Waals surface area contributed by atoms with Gasteiger partial charge in [-0.15, -0.1) is 0 Å². The van der Waals surface area contributed by atoms with Crippen molar-refractivity contribution in [1.29, 1.82) is 0 Å². The number of hydrogen-bond acceptors (Lipinski definition) is 0. The number of unbranched alkanes of at least 4 members (excludes halogenated alkanes) is 1. The van der Waals surface area contributed by atoms with Crippen molar-refractivity contribution >= 4 is 18.4 Å². The van der Waals surface area contributed by atoms with Gasteiger partial charge in [0.25, 0.3) is 0 Å². The van der Waals surface area contributed by atoms with Gasteiger partial charge < -0.3 is 0 Å². The Bertz CT molecular complexity index is 1330. The second-order valence-electron chi connectivity index (χ2n) is 13.5. The van der Waals surface area contributed by atoms with Crippen LogP contribution in [0.1, 0.15) is 107 Å². The summed E-state index contributed by atoms with van der Waals surface area (Å²) in [6, 6.07) is 1.49. The number of benzene rings is 2. The molecular formula is C34H46HfSi. The second kappa shape index (κ2) is 8.77. The zero-order valence-electron chi connectivity index (χ0n) is 23.9. The monoisotopic (exact) mass is 662 g/mol. The third-order valence-electron chi connectivity index (χ3n) is 11.3. The maximum absolute atomic E-state index is 3.55. The predicted octanol–water partition coefficient (Wildman–Crippen LogP) is 9.09. The topological polar surface area (TPSA) is 0 Å². The molecule has 0 fully saturated rings. The zero-order valence-corrected chi connectivity index (χ0v) is 28.7. The first-order valence-electron chi connectivity index (χ1n) is 14.9. The Morgan fingerprint density at radius 1 is 0.694 bits per heavy atom. The molecule has 2 aromatic rings. The van der Waals surface area contributed by atoms with E-state index >= 15 is 0 Å². The first-order chi connectivity index (χ1) is 17.2. The molecule has 2 heteroatoms. The fourth-order valence-electron chi connectivity index (χ4n) is 9.14. The number of rotatable bonds is 5. The van der Waals surface area contributed by atoms with Crippen LogP contribution in [-0.4, -0.2) is 6.22 Å². The van der Waals surface area contributed by atoms with Crippen molar-refractivity contribution in [2.24, 2.45) is 0 Å². The van der Waals surface area contributed by atoms with Crippen LogP contribution in [0.25, 0.3) is 12.2 Å². The quantitative estimate of drug-likeness (QED) is 0.222. The molecule has 4 aliphatic carbocycles. The van der Waals surface area contributed by atoms with Gasteiger partial charge in [0.2, 0.25) is 0 Å². The van der Waals surface area contributed by atoms with Gasteiger partial charge in [0.05, 0.1) is 0 Å². The van der Waals surface area contributed by atoms with Crippen LogP contribution in [0.15, 0.2) is 12.2 Å². The average Bonchev–Trinajstić information content (AvgIpc) is 3.66. The summed E-state index contributed by atoms with van der Waals surface area (Å²) in [6.07, 6.45) is 21.8. The van der Waals surface area contributed by atoms with Crippen molar-refractivity contribution < 1.29 is 17.1 Å². The average molecular weight is 661 g/mol. The van der Waals surface area contributed by atoms with E-state index in [1.54, 1.807) is 66.8 Å². The molecule has 0 amide bonds. The third kappa shape index (κ3) is 3.38. The van der Waals surface area contributed by atoms with Gasteiger partial charge in [-0.2, -0.15) is 0 Å². The van der Waals surface area contributed by atoms with Crippen LogP contribution in [0.5, 0.6) is 0 Å². The Kier molecular flexibility index (Phi) is 6.16. The van der Waals surface area contributed by atoms with Gasteiger partial charge in [0.1, 0.15) is 0 Å². The zero-order chi connectivity index (χ0) is 25.4.